The van der Waals surface area contributed by atoms with E-state index < -0.39 is 0 Å². The highest BCUT2D eigenvalue weighted by molar-refractivity contribution is 5.55. The number of aryl methyl sites for hydroxylation is 1. The molecule has 2 aromatic carbocycles. The van der Waals surface area contributed by atoms with Gasteiger partial charge in [0, 0.05) is 24.4 Å². The molecule has 1 heterocycles. The molecule has 0 spiro atoms. The standard InChI is InChI=1S/C18H16N2/c1-14-7-9-17(10-8-14)18-19-12-16(13-20-18)11-15-5-3-2-4-6-15/h2-10,12-13H,11H2,1H3. The van der Waals surface area contributed by atoms with Crippen LogP contribution in [0.3, 0.4) is 0 Å². The molecule has 0 aliphatic carbocycles. The molecule has 0 amide bonds. The molecular formula is C18H16N2. The fourth-order valence-electron chi connectivity index (χ4n) is 2.13. The van der Waals surface area contributed by atoms with Gasteiger partial charge in [-0.1, -0.05) is 60.2 Å². The molecule has 3 rings (SSSR count). The lowest BCUT2D eigenvalue weighted by Gasteiger charge is -2.03. The molecule has 0 radical (unpaired) electrons. The summed E-state index contributed by atoms with van der Waals surface area (Å²) in [6.07, 6.45) is 4.69. The first kappa shape index (κ1) is 12.5. The average molecular weight is 260 g/mol. The summed E-state index contributed by atoms with van der Waals surface area (Å²) in [6.45, 7) is 2.08. The van der Waals surface area contributed by atoms with Gasteiger partial charge in [0.15, 0.2) is 5.82 Å². The summed E-state index contributed by atoms with van der Waals surface area (Å²) in [5.41, 5.74) is 4.71. The van der Waals surface area contributed by atoms with E-state index in [1.54, 1.807) is 0 Å². The summed E-state index contributed by atoms with van der Waals surface area (Å²) in [5, 5.41) is 0. The van der Waals surface area contributed by atoms with Gasteiger partial charge in [0.05, 0.1) is 0 Å². The summed E-state index contributed by atoms with van der Waals surface area (Å²) in [5.74, 6) is 0.779. The third-order valence-corrected chi connectivity index (χ3v) is 3.27. The molecule has 0 bridgehead atoms. The van der Waals surface area contributed by atoms with Gasteiger partial charge in [-0.3, -0.25) is 0 Å². The number of hydrogen-bond acceptors (Lipinski definition) is 2. The maximum absolute atomic E-state index is 4.46. The highest BCUT2D eigenvalue weighted by atomic mass is 14.9. The highest BCUT2D eigenvalue weighted by Crippen LogP contribution is 2.16. The second kappa shape index (κ2) is 5.66. The van der Waals surface area contributed by atoms with Crippen molar-refractivity contribution in [3.05, 3.63) is 83.7 Å². The molecule has 0 unspecified atom stereocenters. The van der Waals surface area contributed by atoms with E-state index in [-0.39, 0.29) is 0 Å². The van der Waals surface area contributed by atoms with Crippen LogP contribution < -0.4 is 0 Å². The molecule has 0 N–H and O–H groups in total. The molecule has 0 saturated heterocycles. The van der Waals surface area contributed by atoms with E-state index in [0.717, 1.165) is 23.4 Å². The van der Waals surface area contributed by atoms with Gasteiger partial charge in [0.1, 0.15) is 0 Å². The maximum Gasteiger partial charge on any atom is 0.159 e. The Morgan fingerprint density at radius 3 is 2.05 bits per heavy atom. The molecule has 3 aromatic rings. The van der Waals surface area contributed by atoms with E-state index in [9.17, 15) is 0 Å². The van der Waals surface area contributed by atoms with Crippen LogP contribution in [0.15, 0.2) is 67.0 Å². The van der Waals surface area contributed by atoms with Crippen molar-refractivity contribution in [3.8, 4) is 11.4 Å². The Hall–Kier alpha value is -2.48. The topological polar surface area (TPSA) is 25.8 Å². The Morgan fingerprint density at radius 1 is 0.750 bits per heavy atom. The number of rotatable bonds is 3. The number of hydrogen-bond donors (Lipinski definition) is 0. The molecule has 2 heteroatoms. The second-order valence-corrected chi connectivity index (χ2v) is 4.94. The fourth-order valence-corrected chi connectivity index (χ4v) is 2.13. The molecular weight excluding hydrogens is 244 g/mol. The van der Waals surface area contributed by atoms with Crippen LogP contribution in [0.2, 0.25) is 0 Å². The number of benzene rings is 2. The predicted molar refractivity (Wildman–Crippen MR) is 81.5 cm³/mol. The van der Waals surface area contributed by atoms with E-state index in [4.69, 9.17) is 0 Å². The molecule has 98 valence electrons. The normalized spacial score (nSPS) is 10.4. The average Bonchev–Trinajstić information content (AvgIpc) is 2.50. The van der Waals surface area contributed by atoms with Crippen LogP contribution in [0.5, 0.6) is 0 Å². The Balaban J connectivity index is 1.79. The summed E-state index contributed by atoms with van der Waals surface area (Å²) in [7, 11) is 0. The van der Waals surface area contributed by atoms with Gasteiger partial charge >= 0.3 is 0 Å². The molecule has 20 heavy (non-hydrogen) atoms. The van der Waals surface area contributed by atoms with Crippen LogP contribution in [-0.2, 0) is 6.42 Å². The lowest BCUT2D eigenvalue weighted by Crippen LogP contribution is -1.94. The third kappa shape index (κ3) is 2.91. The van der Waals surface area contributed by atoms with Crippen LogP contribution in [-0.4, -0.2) is 9.97 Å². The predicted octanol–water partition coefficient (Wildman–Crippen LogP) is 4.04. The quantitative estimate of drug-likeness (QED) is 0.710. The van der Waals surface area contributed by atoms with Gasteiger partial charge in [-0.05, 0) is 18.1 Å². The lowest BCUT2D eigenvalue weighted by atomic mass is 10.1. The Kier molecular flexibility index (Phi) is 3.55. The van der Waals surface area contributed by atoms with Crippen molar-refractivity contribution in [3.63, 3.8) is 0 Å². The van der Waals surface area contributed by atoms with Crippen LogP contribution in [0, 0.1) is 6.92 Å². The van der Waals surface area contributed by atoms with Gasteiger partial charge in [0.25, 0.3) is 0 Å². The summed E-state index contributed by atoms with van der Waals surface area (Å²) < 4.78 is 0. The van der Waals surface area contributed by atoms with Crippen LogP contribution in [0.4, 0.5) is 0 Å². The Morgan fingerprint density at radius 2 is 1.40 bits per heavy atom. The van der Waals surface area contributed by atoms with E-state index >= 15 is 0 Å². The van der Waals surface area contributed by atoms with E-state index in [1.165, 1.54) is 11.1 Å². The number of nitrogens with zero attached hydrogens (tertiary/aromatic N) is 2. The lowest BCUT2D eigenvalue weighted by molar-refractivity contribution is 1.08. The molecule has 0 atom stereocenters. The second-order valence-electron chi connectivity index (χ2n) is 4.94. The third-order valence-electron chi connectivity index (χ3n) is 3.27. The largest absolute Gasteiger partial charge is 0.236 e. The van der Waals surface area contributed by atoms with Gasteiger partial charge < -0.3 is 0 Å². The van der Waals surface area contributed by atoms with Crippen LogP contribution in [0.25, 0.3) is 11.4 Å². The Labute approximate surface area is 119 Å². The summed E-state index contributed by atoms with van der Waals surface area (Å²) >= 11 is 0. The van der Waals surface area contributed by atoms with Crippen molar-refractivity contribution in [2.75, 3.05) is 0 Å². The van der Waals surface area contributed by atoms with E-state index in [2.05, 4.69) is 65.4 Å². The molecule has 0 saturated carbocycles. The first-order chi connectivity index (χ1) is 9.81. The van der Waals surface area contributed by atoms with Crippen molar-refractivity contribution in [1.29, 1.82) is 0 Å². The van der Waals surface area contributed by atoms with Gasteiger partial charge in [-0.15, -0.1) is 0 Å². The minimum atomic E-state index is 0.779. The minimum Gasteiger partial charge on any atom is -0.236 e. The first-order valence-corrected chi connectivity index (χ1v) is 6.73. The van der Waals surface area contributed by atoms with E-state index in [1.807, 2.05) is 18.5 Å². The monoisotopic (exact) mass is 260 g/mol. The van der Waals surface area contributed by atoms with Crippen LogP contribution >= 0.6 is 0 Å². The zero-order valence-electron chi connectivity index (χ0n) is 11.5. The summed E-state index contributed by atoms with van der Waals surface area (Å²) in [4.78, 5) is 8.93. The van der Waals surface area contributed by atoms with Crippen LogP contribution in [0.1, 0.15) is 16.7 Å². The van der Waals surface area contributed by atoms with Crippen molar-refractivity contribution in [2.45, 2.75) is 13.3 Å². The Bertz CT molecular complexity index is 671. The van der Waals surface area contributed by atoms with Crippen molar-refractivity contribution in [2.24, 2.45) is 0 Å². The highest BCUT2D eigenvalue weighted by Gasteiger charge is 2.02. The van der Waals surface area contributed by atoms with Crippen molar-refractivity contribution in [1.82, 2.24) is 9.97 Å². The smallest absolute Gasteiger partial charge is 0.159 e. The number of aromatic nitrogens is 2. The molecule has 0 aliphatic heterocycles. The first-order valence-electron chi connectivity index (χ1n) is 6.73. The van der Waals surface area contributed by atoms with Gasteiger partial charge in [0.2, 0.25) is 0 Å². The fraction of sp³-hybridized carbons (Fsp3) is 0.111. The van der Waals surface area contributed by atoms with Gasteiger partial charge in [-0.25, -0.2) is 9.97 Å². The molecule has 2 nitrogen and oxygen atoms in total. The maximum atomic E-state index is 4.46. The minimum absolute atomic E-state index is 0.779. The van der Waals surface area contributed by atoms with Crippen molar-refractivity contribution < 1.29 is 0 Å². The molecule has 0 fully saturated rings. The molecule has 0 aliphatic rings. The summed E-state index contributed by atoms with van der Waals surface area (Å²) in [6, 6.07) is 18.6. The van der Waals surface area contributed by atoms with Crippen molar-refractivity contribution >= 4 is 0 Å². The van der Waals surface area contributed by atoms with E-state index in [0.29, 0.717) is 0 Å². The molecule has 1 aromatic heterocycles. The zero-order valence-corrected chi connectivity index (χ0v) is 11.5. The zero-order chi connectivity index (χ0) is 13.8. The van der Waals surface area contributed by atoms with Gasteiger partial charge in [-0.2, -0.15) is 0 Å². The SMILES string of the molecule is Cc1ccc(-c2ncc(Cc3ccccc3)cn2)cc1.